The first-order valence-corrected chi connectivity index (χ1v) is 5.80. The molecular weight excluding hydrogens is 214 g/mol. The second kappa shape index (κ2) is 4.99. The maximum Gasteiger partial charge on any atom is 0.231 e. The Morgan fingerprint density at radius 3 is 2.76 bits per heavy atom. The molecule has 90 valence electrons. The average Bonchev–Trinajstić information content (AvgIpc) is 2.68. The third-order valence-corrected chi connectivity index (χ3v) is 2.50. The van der Waals surface area contributed by atoms with Gasteiger partial charge >= 0.3 is 0 Å². The normalized spacial score (nSPS) is 11.0. The summed E-state index contributed by atoms with van der Waals surface area (Å²) in [6.45, 7) is 4.26. The summed E-state index contributed by atoms with van der Waals surface area (Å²) in [7, 11) is 0. The molecule has 0 saturated carbocycles. The van der Waals surface area contributed by atoms with Gasteiger partial charge in [0.2, 0.25) is 5.89 Å². The van der Waals surface area contributed by atoms with Crippen molar-refractivity contribution in [3.63, 3.8) is 0 Å². The van der Waals surface area contributed by atoms with E-state index >= 15 is 0 Å². The molecule has 0 atom stereocenters. The molecule has 0 unspecified atom stereocenters. The zero-order valence-electron chi connectivity index (χ0n) is 10.2. The molecule has 0 amide bonds. The third-order valence-electron chi connectivity index (χ3n) is 2.50. The highest BCUT2D eigenvalue weighted by Crippen LogP contribution is 2.15. The fraction of sp³-hybridized carbons (Fsp3) is 0.385. The van der Waals surface area contributed by atoms with Gasteiger partial charge < -0.3 is 10.3 Å². The van der Waals surface area contributed by atoms with Crippen molar-refractivity contribution in [2.45, 2.75) is 26.7 Å². The van der Waals surface area contributed by atoms with Gasteiger partial charge in [-0.25, -0.2) is 0 Å². The highest BCUT2D eigenvalue weighted by molar-refractivity contribution is 5.47. The molecule has 1 aromatic heterocycles. The summed E-state index contributed by atoms with van der Waals surface area (Å²) in [5.41, 5.74) is 7.65. The average molecular weight is 231 g/mol. The minimum atomic E-state index is 0.530. The summed E-state index contributed by atoms with van der Waals surface area (Å²) in [4.78, 5) is 4.35. The fourth-order valence-corrected chi connectivity index (χ4v) is 1.67. The van der Waals surface area contributed by atoms with E-state index in [9.17, 15) is 0 Å². The van der Waals surface area contributed by atoms with Crippen LogP contribution in [-0.2, 0) is 12.8 Å². The van der Waals surface area contributed by atoms with Crippen molar-refractivity contribution in [3.05, 3.63) is 41.5 Å². The van der Waals surface area contributed by atoms with Crippen molar-refractivity contribution in [2.75, 3.05) is 5.73 Å². The van der Waals surface area contributed by atoms with E-state index in [0.717, 1.165) is 23.5 Å². The van der Waals surface area contributed by atoms with E-state index in [1.165, 1.54) is 0 Å². The Morgan fingerprint density at radius 1 is 1.29 bits per heavy atom. The molecule has 4 nitrogen and oxygen atoms in total. The van der Waals surface area contributed by atoms with Gasteiger partial charge in [-0.2, -0.15) is 4.98 Å². The van der Waals surface area contributed by atoms with Gasteiger partial charge in [0.15, 0.2) is 5.82 Å². The van der Waals surface area contributed by atoms with Gasteiger partial charge in [0.1, 0.15) is 0 Å². The zero-order valence-corrected chi connectivity index (χ0v) is 10.2. The van der Waals surface area contributed by atoms with E-state index in [1.807, 2.05) is 24.3 Å². The summed E-state index contributed by atoms with van der Waals surface area (Å²) in [5, 5.41) is 3.96. The van der Waals surface area contributed by atoms with Crippen molar-refractivity contribution >= 4 is 5.69 Å². The predicted molar refractivity (Wildman–Crippen MR) is 66.5 cm³/mol. The van der Waals surface area contributed by atoms with Crippen molar-refractivity contribution in [1.29, 1.82) is 0 Å². The highest BCUT2D eigenvalue weighted by atomic mass is 16.5. The first kappa shape index (κ1) is 11.6. The van der Waals surface area contributed by atoms with Crippen LogP contribution in [0.15, 0.2) is 28.8 Å². The minimum Gasteiger partial charge on any atom is -0.398 e. The molecule has 0 aliphatic carbocycles. The van der Waals surface area contributed by atoms with Crippen LogP contribution >= 0.6 is 0 Å². The first-order chi connectivity index (χ1) is 8.15. The van der Waals surface area contributed by atoms with Crippen LogP contribution < -0.4 is 5.73 Å². The maximum atomic E-state index is 5.87. The molecule has 4 heteroatoms. The number of nitrogen functional groups attached to an aromatic ring is 1. The van der Waals surface area contributed by atoms with Crippen LogP contribution in [0.1, 0.15) is 31.1 Å². The third kappa shape index (κ3) is 3.06. The molecule has 0 saturated heterocycles. The molecule has 0 bridgehead atoms. The van der Waals surface area contributed by atoms with Crippen molar-refractivity contribution in [2.24, 2.45) is 5.92 Å². The minimum absolute atomic E-state index is 0.530. The Balaban J connectivity index is 2.09. The molecule has 1 aromatic carbocycles. The molecule has 0 spiro atoms. The molecule has 2 aromatic rings. The molecule has 0 aliphatic rings. The number of nitrogens with zero attached hydrogens (tertiary/aromatic N) is 2. The van der Waals surface area contributed by atoms with Gasteiger partial charge in [-0.05, 0) is 17.5 Å². The van der Waals surface area contributed by atoms with Crippen molar-refractivity contribution in [1.82, 2.24) is 10.1 Å². The quantitative estimate of drug-likeness (QED) is 0.821. The molecule has 0 aliphatic heterocycles. The smallest absolute Gasteiger partial charge is 0.231 e. The fourth-order valence-electron chi connectivity index (χ4n) is 1.67. The Kier molecular flexibility index (Phi) is 3.42. The Hall–Kier alpha value is -1.84. The van der Waals surface area contributed by atoms with Crippen LogP contribution in [0.3, 0.4) is 0 Å². The van der Waals surface area contributed by atoms with Crippen LogP contribution in [0.25, 0.3) is 0 Å². The molecular formula is C13H17N3O. The first-order valence-electron chi connectivity index (χ1n) is 5.80. The number of nitrogens with two attached hydrogens (primary N) is 1. The number of para-hydroxylation sites is 1. The standard InChI is InChI=1S/C13H17N3O/c1-9(2)7-12-15-13(17-16-12)8-10-5-3-4-6-11(10)14/h3-6,9H,7-8,14H2,1-2H3. The lowest BCUT2D eigenvalue weighted by atomic mass is 10.1. The van der Waals surface area contributed by atoms with E-state index in [0.29, 0.717) is 18.2 Å². The molecule has 0 radical (unpaired) electrons. The molecule has 0 fully saturated rings. The number of benzene rings is 1. The van der Waals surface area contributed by atoms with Gasteiger partial charge in [-0.3, -0.25) is 0 Å². The summed E-state index contributed by atoms with van der Waals surface area (Å²) in [6.07, 6.45) is 1.44. The number of rotatable bonds is 4. The highest BCUT2D eigenvalue weighted by Gasteiger charge is 2.09. The number of anilines is 1. The van der Waals surface area contributed by atoms with E-state index in [2.05, 4.69) is 24.0 Å². The predicted octanol–water partition coefficient (Wildman–Crippen LogP) is 2.44. The van der Waals surface area contributed by atoms with Gasteiger partial charge in [-0.15, -0.1) is 0 Å². The summed E-state index contributed by atoms with van der Waals surface area (Å²) in [6, 6.07) is 7.72. The topological polar surface area (TPSA) is 64.9 Å². The lowest BCUT2D eigenvalue weighted by molar-refractivity contribution is 0.377. The van der Waals surface area contributed by atoms with E-state index in [1.54, 1.807) is 0 Å². The van der Waals surface area contributed by atoms with Gasteiger partial charge in [0.05, 0.1) is 6.42 Å². The molecule has 1 heterocycles. The Bertz CT molecular complexity index is 491. The monoisotopic (exact) mass is 231 g/mol. The molecule has 2 rings (SSSR count). The van der Waals surface area contributed by atoms with Gasteiger partial charge in [-0.1, -0.05) is 37.2 Å². The zero-order chi connectivity index (χ0) is 12.3. The van der Waals surface area contributed by atoms with Gasteiger partial charge in [0, 0.05) is 12.1 Å². The van der Waals surface area contributed by atoms with Crippen LogP contribution in [0.5, 0.6) is 0 Å². The summed E-state index contributed by atoms with van der Waals surface area (Å²) in [5.74, 6) is 1.92. The number of aromatic nitrogens is 2. The van der Waals surface area contributed by atoms with Crippen molar-refractivity contribution < 1.29 is 4.52 Å². The molecule has 17 heavy (non-hydrogen) atoms. The largest absolute Gasteiger partial charge is 0.398 e. The van der Waals surface area contributed by atoms with Crippen LogP contribution in [0, 0.1) is 5.92 Å². The lowest BCUT2D eigenvalue weighted by Crippen LogP contribution is -1.98. The second-order valence-electron chi connectivity index (χ2n) is 4.58. The maximum absolute atomic E-state index is 5.87. The van der Waals surface area contributed by atoms with Crippen LogP contribution in [0.2, 0.25) is 0 Å². The summed E-state index contributed by atoms with van der Waals surface area (Å²) < 4.78 is 5.21. The van der Waals surface area contributed by atoms with Crippen LogP contribution in [0.4, 0.5) is 5.69 Å². The lowest BCUT2D eigenvalue weighted by Gasteiger charge is -2.00. The van der Waals surface area contributed by atoms with Crippen molar-refractivity contribution in [3.8, 4) is 0 Å². The Labute approximate surface area is 101 Å². The Morgan fingerprint density at radius 2 is 2.06 bits per heavy atom. The van der Waals surface area contributed by atoms with E-state index in [-0.39, 0.29) is 0 Å². The second-order valence-corrected chi connectivity index (χ2v) is 4.58. The summed E-state index contributed by atoms with van der Waals surface area (Å²) >= 11 is 0. The van der Waals surface area contributed by atoms with Gasteiger partial charge in [0.25, 0.3) is 0 Å². The molecule has 2 N–H and O–H groups in total. The van der Waals surface area contributed by atoms with E-state index < -0.39 is 0 Å². The van der Waals surface area contributed by atoms with Crippen LogP contribution in [-0.4, -0.2) is 10.1 Å². The SMILES string of the molecule is CC(C)Cc1noc(Cc2ccccc2N)n1. The number of hydrogen-bond donors (Lipinski definition) is 1. The number of hydrogen-bond acceptors (Lipinski definition) is 4. The van der Waals surface area contributed by atoms with E-state index in [4.69, 9.17) is 10.3 Å².